The van der Waals surface area contributed by atoms with E-state index >= 15 is 0 Å². The molecule has 0 saturated carbocycles. The molecule has 2 rings (SSSR count). The van der Waals surface area contributed by atoms with E-state index in [0.29, 0.717) is 12.3 Å². The Balaban J connectivity index is 2.45. The van der Waals surface area contributed by atoms with Crippen molar-refractivity contribution < 1.29 is 4.74 Å². The van der Waals surface area contributed by atoms with Crippen LogP contribution in [0.3, 0.4) is 0 Å². The maximum absolute atomic E-state index is 8.79. The molecule has 20 heavy (non-hydrogen) atoms. The highest BCUT2D eigenvalue weighted by atomic mass is 16.5. The van der Waals surface area contributed by atoms with Gasteiger partial charge in [-0.25, -0.2) is 4.98 Å². The summed E-state index contributed by atoms with van der Waals surface area (Å²) in [6, 6.07) is 8.18. The van der Waals surface area contributed by atoms with Crippen LogP contribution < -0.4 is 4.74 Å². The molecule has 0 radical (unpaired) electrons. The zero-order valence-corrected chi connectivity index (χ0v) is 12.3. The Kier molecular flexibility index (Phi) is 4.09. The number of nitriles is 1. The lowest BCUT2D eigenvalue weighted by Gasteiger charge is -2.12. The number of H-pyrrole nitrogens is 1. The van der Waals surface area contributed by atoms with Crippen LogP contribution in [0.25, 0.3) is 11.4 Å². The van der Waals surface area contributed by atoms with Gasteiger partial charge in [-0.05, 0) is 36.6 Å². The van der Waals surface area contributed by atoms with E-state index in [-0.39, 0.29) is 0 Å². The quantitative estimate of drug-likeness (QED) is 0.922. The molecular weight excluding hydrogens is 250 g/mol. The summed E-state index contributed by atoms with van der Waals surface area (Å²) in [5.41, 5.74) is 3.93. The van der Waals surface area contributed by atoms with Gasteiger partial charge in [-0.15, -0.1) is 0 Å². The second-order valence-electron chi connectivity index (χ2n) is 5.10. The summed E-state index contributed by atoms with van der Waals surface area (Å²) in [5, 5.41) is 8.79. The van der Waals surface area contributed by atoms with Crippen molar-refractivity contribution in [2.45, 2.75) is 33.1 Å². The zero-order valence-electron chi connectivity index (χ0n) is 12.3. The van der Waals surface area contributed by atoms with Crippen molar-refractivity contribution in [1.82, 2.24) is 9.97 Å². The number of benzene rings is 1. The molecule has 2 aromatic rings. The van der Waals surface area contributed by atoms with Gasteiger partial charge in [0.1, 0.15) is 11.6 Å². The summed E-state index contributed by atoms with van der Waals surface area (Å²) < 4.78 is 5.39. The van der Waals surface area contributed by atoms with Gasteiger partial charge < -0.3 is 9.72 Å². The van der Waals surface area contributed by atoms with E-state index < -0.39 is 0 Å². The summed E-state index contributed by atoms with van der Waals surface area (Å²) >= 11 is 0. The van der Waals surface area contributed by atoms with Crippen LogP contribution in [0.5, 0.6) is 5.75 Å². The van der Waals surface area contributed by atoms with Gasteiger partial charge in [0.25, 0.3) is 0 Å². The van der Waals surface area contributed by atoms with Crippen LogP contribution in [0.2, 0.25) is 0 Å². The van der Waals surface area contributed by atoms with E-state index in [2.05, 4.69) is 36.0 Å². The second kappa shape index (κ2) is 5.79. The molecule has 0 atom stereocenters. The smallest absolute Gasteiger partial charge is 0.137 e. The van der Waals surface area contributed by atoms with Gasteiger partial charge in [-0.1, -0.05) is 13.8 Å². The van der Waals surface area contributed by atoms with Crippen LogP contribution in [0.15, 0.2) is 18.2 Å². The molecule has 0 amide bonds. The lowest BCUT2D eigenvalue weighted by atomic mass is 9.99. The SMILES string of the molecule is COc1ccc(-c2nc(CC#N)c(C)[nH]2)cc1C(C)C. The van der Waals surface area contributed by atoms with Crippen molar-refractivity contribution in [3.63, 3.8) is 0 Å². The predicted molar refractivity (Wildman–Crippen MR) is 78.7 cm³/mol. The molecule has 1 N–H and O–H groups in total. The first kappa shape index (κ1) is 14.1. The first-order valence-electron chi connectivity index (χ1n) is 6.67. The van der Waals surface area contributed by atoms with E-state index in [4.69, 9.17) is 10.00 Å². The van der Waals surface area contributed by atoms with Crippen LogP contribution in [0.4, 0.5) is 0 Å². The number of nitrogens with one attached hydrogen (secondary N) is 1. The molecule has 1 heterocycles. The van der Waals surface area contributed by atoms with E-state index in [1.54, 1.807) is 7.11 Å². The fourth-order valence-electron chi connectivity index (χ4n) is 2.21. The number of aromatic amines is 1. The molecule has 0 bridgehead atoms. The Labute approximate surface area is 119 Å². The Morgan fingerprint density at radius 1 is 1.40 bits per heavy atom. The molecule has 4 heteroatoms. The normalized spacial score (nSPS) is 10.6. The Morgan fingerprint density at radius 3 is 2.75 bits per heavy atom. The average molecular weight is 269 g/mol. The fraction of sp³-hybridized carbons (Fsp3) is 0.375. The number of aryl methyl sites for hydroxylation is 1. The average Bonchev–Trinajstić information content (AvgIpc) is 2.80. The molecule has 1 aromatic heterocycles. The lowest BCUT2D eigenvalue weighted by Crippen LogP contribution is -1.95. The number of methoxy groups -OCH3 is 1. The van der Waals surface area contributed by atoms with Crippen LogP contribution in [-0.4, -0.2) is 17.1 Å². The molecule has 0 aliphatic rings. The number of hydrogen-bond acceptors (Lipinski definition) is 3. The third kappa shape index (κ3) is 2.67. The lowest BCUT2D eigenvalue weighted by molar-refractivity contribution is 0.407. The molecule has 0 saturated heterocycles. The first-order chi connectivity index (χ1) is 9.56. The Bertz CT molecular complexity index is 650. The number of hydrogen-bond donors (Lipinski definition) is 1. The van der Waals surface area contributed by atoms with Gasteiger partial charge in [0.05, 0.1) is 25.3 Å². The summed E-state index contributed by atoms with van der Waals surface area (Å²) in [7, 11) is 1.68. The number of imidazole rings is 1. The van der Waals surface area contributed by atoms with E-state index in [1.165, 1.54) is 0 Å². The van der Waals surface area contributed by atoms with Crippen LogP contribution >= 0.6 is 0 Å². The topological polar surface area (TPSA) is 61.7 Å². The van der Waals surface area contributed by atoms with Crippen molar-refractivity contribution in [3.05, 3.63) is 35.2 Å². The van der Waals surface area contributed by atoms with E-state index in [0.717, 1.165) is 34.1 Å². The molecule has 0 aliphatic carbocycles. The minimum Gasteiger partial charge on any atom is -0.496 e. The highest BCUT2D eigenvalue weighted by Crippen LogP contribution is 2.30. The van der Waals surface area contributed by atoms with Gasteiger partial charge in [-0.2, -0.15) is 5.26 Å². The van der Waals surface area contributed by atoms with Gasteiger partial charge in [0, 0.05) is 11.3 Å². The van der Waals surface area contributed by atoms with Crippen molar-refractivity contribution in [1.29, 1.82) is 5.26 Å². The highest BCUT2D eigenvalue weighted by Gasteiger charge is 2.12. The molecule has 1 aromatic carbocycles. The molecular formula is C16H19N3O. The second-order valence-corrected chi connectivity index (χ2v) is 5.10. The molecule has 0 aliphatic heterocycles. The third-order valence-electron chi connectivity index (χ3n) is 3.36. The molecule has 0 unspecified atom stereocenters. The molecule has 104 valence electrons. The molecule has 4 nitrogen and oxygen atoms in total. The fourth-order valence-corrected chi connectivity index (χ4v) is 2.21. The largest absolute Gasteiger partial charge is 0.496 e. The van der Waals surface area contributed by atoms with Crippen molar-refractivity contribution in [3.8, 4) is 23.2 Å². The summed E-state index contributed by atoms with van der Waals surface area (Å²) in [6.07, 6.45) is 0.329. The Morgan fingerprint density at radius 2 is 2.15 bits per heavy atom. The molecule has 0 spiro atoms. The van der Waals surface area contributed by atoms with E-state index in [9.17, 15) is 0 Å². The Hall–Kier alpha value is -2.28. The number of rotatable bonds is 4. The molecule has 0 fully saturated rings. The van der Waals surface area contributed by atoms with Crippen molar-refractivity contribution in [2.75, 3.05) is 7.11 Å². The summed E-state index contributed by atoms with van der Waals surface area (Å²) in [4.78, 5) is 7.75. The maximum Gasteiger partial charge on any atom is 0.137 e. The summed E-state index contributed by atoms with van der Waals surface area (Å²) in [5.74, 6) is 2.07. The van der Waals surface area contributed by atoms with Gasteiger partial charge in [0.2, 0.25) is 0 Å². The van der Waals surface area contributed by atoms with Crippen LogP contribution in [0, 0.1) is 18.3 Å². The van der Waals surface area contributed by atoms with Gasteiger partial charge >= 0.3 is 0 Å². The number of nitrogens with zero attached hydrogens (tertiary/aromatic N) is 2. The number of aromatic nitrogens is 2. The number of ether oxygens (including phenoxy) is 1. The van der Waals surface area contributed by atoms with Gasteiger partial charge in [0.15, 0.2) is 0 Å². The minimum absolute atomic E-state index is 0.329. The zero-order chi connectivity index (χ0) is 14.7. The first-order valence-corrected chi connectivity index (χ1v) is 6.67. The highest BCUT2D eigenvalue weighted by molar-refractivity contribution is 5.60. The van der Waals surface area contributed by atoms with E-state index in [1.807, 2.05) is 19.1 Å². The van der Waals surface area contributed by atoms with Gasteiger partial charge in [-0.3, -0.25) is 0 Å². The standard InChI is InChI=1S/C16H19N3O/c1-10(2)13-9-12(5-6-15(13)20-4)16-18-11(3)14(19-16)7-8-17/h5-6,9-10H,7H2,1-4H3,(H,18,19). The third-order valence-corrected chi connectivity index (χ3v) is 3.36. The minimum atomic E-state index is 0.329. The summed E-state index contributed by atoms with van der Waals surface area (Å²) in [6.45, 7) is 6.21. The van der Waals surface area contributed by atoms with Crippen molar-refractivity contribution >= 4 is 0 Å². The van der Waals surface area contributed by atoms with Crippen molar-refractivity contribution in [2.24, 2.45) is 0 Å². The maximum atomic E-state index is 8.79. The monoisotopic (exact) mass is 269 g/mol. The van der Waals surface area contributed by atoms with Crippen LogP contribution in [-0.2, 0) is 6.42 Å². The van der Waals surface area contributed by atoms with Crippen LogP contribution in [0.1, 0.15) is 36.7 Å². The predicted octanol–water partition coefficient (Wildman–Crippen LogP) is 3.58.